The number of rotatable bonds is 1. The maximum atomic E-state index is 8.15. The fraction of sp³-hybridized carbons (Fsp3) is 0.333. The molecule has 0 aromatic rings. The predicted molar refractivity (Wildman–Crippen MR) is 23.7 cm³/mol. The largest absolute Gasteiger partial charge is 0.509 e. The fourth-order valence-electron chi connectivity index (χ4n) is 0.0345. The van der Waals surface area contributed by atoms with Crippen molar-refractivity contribution in [2.75, 3.05) is 6.61 Å². The first-order chi connectivity index (χ1) is 2.81. The van der Waals surface area contributed by atoms with Gasteiger partial charge in [0.1, 0.15) is 12.4 Å². The van der Waals surface area contributed by atoms with Crippen LogP contribution in [0.4, 0.5) is 0 Å². The molecule has 0 aliphatic rings. The second-order valence-electron chi connectivity index (χ2n) is 0.759. The number of aliphatic hydroxyl groups is 2. The molecule has 0 bridgehead atoms. The van der Waals surface area contributed by atoms with Gasteiger partial charge >= 0.3 is 0 Å². The number of hydrogen-bond donors (Lipinski definition) is 2. The molecule has 0 heterocycles. The fourth-order valence-corrected chi connectivity index (χ4v) is 0.104. The normalized spacial score (nSPS) is 12.0. The maximum Gasteiger partial charge on any atom is 0.129 e. The molecule has 3 heteroatoms. The van der Waals surface area contributed by atoms with Crippen molar-refractivity contribution in [2.45, 2.75) is 0 Å². The van der Waals surface area contributed by atoms with Crippen molar-refractivity contribution >= 4 is 11.6 Å². The van der Waals surface area contributed by atoms with Gasteiger partial charge in [0.2, 0.25) is 0 Å². The molecule has 0 rings (SSSR count). The Kier molecular flexibility index (Phi) is 2.89. The van der Waals surface area contributed by atoms with Crippen molar-refractivity contribution in [2.24, 2.45) is 0 Å². The van der Waals surface area contributed by atoms with Crippen LogP contribution >= 0.6 is 11.6 Å². The average molecular weight is 109 g/mol. The zero-order chi connectivity index (χ0) is 4.99. The molecule has 0 aliphatic carbocycles. The van der Waals surface area contributed by atoms with Crippen molar-refractivity contribution in [3.8, 4) is 0 Å². The summed E-state index contributed by atoms with van der Waals surface area (Å²) in [7, 11) is 0. The van der Waals surface area contributed by atoms with Gasteiger partial charge in [0.25, 0.3) is 0 Å². The number of hydrogen-bond acceptors (Lipinski definition) is 2. The Morgan fingerprint density at radius 1 is 1.83 bits per heavy atom. The van der Waals surface area contributed by atoms with E-state index in [9.17, 15) is 0 Å². The Morgan fingerprint density at radius 3 is 2.33 bits per heavy atom. The van der Waals surface area contributed by atoms with E-state index in [2.05, 4.69) is 0 Å². The minimum absolute atomic E-state index is 0.211. The minimum atomic E-state index is -0.385. The summed E-state index contributed by atoms with van der Waals surface area (Å²) in [4.78, 5) is 0. The van der Waals surface area contributed by atoms with Gasteiger partial charge in [-0.05, 0) is 0 Å². The van der Waals surface area contributed by atoms with Crippen LogP contribution in [0.3, 0.4) is 0 Å². The maximum absolute atomic E-state index is 8.15. The molecule has 0 atom stereocenters. The molecule has 2 N–H and O–H groups in total. The molecular formula is C3H5ClO2. The van der Waals surface area contributed by atoms with Gasteiger partial charge in [-0.2, -0.15) is 0 Å². The lowest BCUT2D eigenvalue weighted by Gasteiger charge is -1.83. The Bertz CT molecular complexity index is 59.8. The molecule has 0 aliphatic heterocycles. The summed E-state index contributed by atoms with van der Waals surface area (Å²) in [5.41, 5.74) is 0.917. The van der Waals surface area contributed by atoms with Crippen LogP contribution < -0.4 is 0 Å². The summed E-state index contributed by atoms with van der Waals surface area (Å²) in [6, 6.07) is 0. The molecule has 2 nitrogen and oxygen atoms in total. The zero-order valence-electron chi connectivity index (χ0n) is 3.06. The molecular weight excluding hydrogens is 103 g/mol. The summed E-state index contributed by atoms with van der Waals surface area (Å²) in [5.74, 6) is -0.211. The van der Waals surface area contributed by atoms with E-state index in [0.29, 0.717) is 0 Å². The van der Waals surface area contributed by atoms with Gasteiger partial charge in [0, 0.05) is 5.54 Å². The van der Waals surface area contributed by atoms with E-state index >= 15 is 0 Å². The lowest BCUT2D eigenvalue weighted by molar-refractivity contribution is 0.254. The topological polar surface area (TPSA) is 40.5 Å². The molecule has 0 aromatic heterocycles. The van der Waals surface area contributed by atoms with Gasteiger partial charge in [0.05, 0.1) is 0 Å². The summed E-state index contributed by atoms with van der Waals surface area (Å²) in [6.45, 7) is -0.385. The molecule has 0 amide bonds. The van der Waals surface area contributed by atoms with E-state index in [0.717, 1.165) is 5.54 Å². The second-order valence-corrected chi connectivity index (χ2v) is 0.977. The van der Waals surface area contributed by atoms with Crippen molar-refractivity contribution in [3.63, 3.8) is 0 Å². The highest BCUT2D eigenvalue weighted by Gasteiger charge is 1.79. The zero-order valence-corrected chi connectivity index (χ0v) is 3.81. The van der Waals surface area contributed by atoms with Gasteiger partial charge in [-0.25, -0.2) is 0 Å². The monoisotopic (exact) mass is 108 g/mol. The Morgan fingerprint density at radius 2 is 2.33 bits per heavy atom. The van der Waals surface area contributed by atoms with Gasteiger partial charge < -0.3 is 10.2 Å². The highest BCUT2D eigenvalue weighted by molar-refractivity contribution is 6.25. The first-order valence-corrected chi connectivity index (χ1v) is 1.84. The van der Waals surface area contributed by atoms with Crippen LogP contribution in [0.2, 0.25) is 0 Å². The smallest absolute Gasteiger partial charge is 0.129 e. The molecule has 0 unspecified atom stereocenters. The van der Waals surface area contributed by atoms with Gasteiger partial charge in [-0.1, -0.05) is 11.6 Å². The lowest BCUT2D eigenvalue weighted by Crippen LogP contribution is -1.83. The third-order valence-electron chi connectivity index (χ3n) is 0.288. The number of halogens is 1. The molecule has 0 saturated heterocycles. The summed E-state index contributed by atoms with van der Waals surface area (Å²) >= 11 is 4.88. The van der Waals surface area contributed by atoms with Crippen molar-refractivity contribution in [1.29, 1.82) is 0 Å². The highest BCUT2D eigenvalue weighted by atomic mass is 35.5. The second kappa shape index (κ2) is 3.00. The minimum Gasteiger partial charge on any atom is -0.509 e. The molecule has 0 saturated carbocycles. The third-order valence-corrected chi connectivity index (χ3v) is 0.540. The van der Waals surface area contributed by atoms with Gasteiger partial charge in [0.15, 0.2) is 0 Å². The van der Waals surface area contributed by atoms with Crippen LogP contribution in [-0.4, -0.2) is 16.8 Å². The Hall–Kier alpha value is -0.210. The van der Waals surface area contributed by atoms with E-state index < -0.39 is 0 Å². The van der Waals surface area contributed by atoms with E-state index in [1.54, 1.807) is 0 Å². The number of aliphatic hydroxyl groups excluding tert-OH is 2. The lowest BCUT2D eigenvalue weighted by atomic mass is 10.6. The van der Waals surface area contributed by atoms with E-state index in [1.807, 2.05) is 0 Å². The molecule has 36 valence electrons. The van der Waals surface area contributed by atoms with Crippen molar-refractivity contribution in [1.82, 2.24) is 0 Å². The SMILES string of the molecule is OC/C(O)=C\Cl. The predicted octanol–water partition coefficient (Wildman–Crippen LogP) is 0.617. The van der Waals surface area contributed by atoms with E-state index in [1.165, 1.54) is 0 Å². The third kappa shape index (κ3) is 2.05. The van der Waals surface area contributed by atoms with Crippen LogP contribution in [0.1, 0.15) is 0 Å². The van der Waals surface area contributed by atoms with Gasteiger partial charge in [-0.3, -0.25) is 0 Å². The quantitative estimate of drug-likeness (QED) is 0.484. The first-order valence-electron chi connectivity index (χ1n) is 1.40. The summed E-state index contributed by atoms with van der Waals surface area (Å²) in [6.07, 6.45) is 0. The van der Waals surface area contributed by atoms with Crippen LogP contribution in [-0.2, 0) is 0 Å². The first kappa shape index (κ1) is 5.79. The molecule has 6 heavy (non-hydrogen) atoms. The molecule has 0 radical (unpaired) electrons. The Labute approximate surface area is 40.7 Å². The van der Waals surface area contributed by atoms with Crippen LogP contribution in [0, 0.1) is 0 Å². The highest BCUT2D eigenvalue weighted by Crippen LogP contribution is 1.85. The Balaban J connectivity index is 3.22. The van der Waals surface area contributed by atoms with E-state index in [4.69, 9.17) is 21.8 Å². The summed E-state index contributed by atoms with van der Waals surface area (Å²) < 4.78 is 0. The molecule has 0 spiro atoms. The van der Waals surface area contributed by atoms with Crippen LogP contribution in [0.25, 0.3) is 0 Å². The molecule has 0 fully saturated rings. The average Bonchev–Trinajstić information content (AvgIpc) is 1.65. The van der Waals surface area contributed by atoms with Crippen molar-refractivity contribution < 1.29 is 10.2 Å². The summed E-state index contributed by atoms with van der Waals surface area (Å²) in [5, 5.41) is 16.1. The standard InChI is InChI=1S/C3H5ClO2/c4-1-3(6)2-5/h1,5-6H,2H2/b3-1+. The van der Waals surface area contributed by atoms with Gasteiger partial charge in [-0.15, -0.1) is 0 Å². The van der Waals surface area contributed by atoms with E-state index in [-0.39, 0.29) is 12.4 Å². The molecule has 0 aromatic carbocycles. The van der Waals surface area contributed by atoms with Crippen LogP contribution in [0.15, 0.2) is 11.3 Å². The van der Waals surface area contributed by atoms with Crippen LogP contribution in [0.5, 0.6) is 0 Å². The van der Waals surface area contributed by atoms with Crippen molar-refractivity contribution in [3.05, 3.63) is 11.3 Å².